The Bertz CT molecular complexity index is 2640. The molecule has 0 bridgehead atoms. The first-order valence-electron chi connectivity index (χ1n) is 16.4. The van der Waals surface area contributed by atoms with Crippen LogP contribution in [0.2, 0.25) is 0 Å². The van der Waals surface area contributed by atoms with Crippen molar-refractivity contribution in [3.8, 4) is 27.9 Å². The maximum Gasteiger partial charge on any atom is 0.0616 e. The molecule has 0 radical (unpaired) electrons. The number of benzene rings is 7. The molecule has 1 heteroatoms. The van der Waals surface area contributed by atoms with E-state index in [0.717, 1.165) is 0 Å². The molecular weight excluding hydrogens is 555 g/mol. The molecule has 4 aliphatic rings. The van der Waals surface area contributed by atoms with Crippen molar-refractivity contribution in [2.75, 3.05) is 0 Å². The Labute approximate surface area is 267 Å². The van der Waals surface area contributed by atoms with Crippen LogP contribution in [0.15, 0.2) is 158 Å². The Morgan fingerprint density at radius 2 is 1.15 bits per heavy atom. The van der Waals surface area contributed by atoms with Gasteiger partial charge in [0.1, 0.15) is 0 Å². The first kappa shape index (κ1) is 23.7. The van der Waals surface area contributed by atoms with Gasteiger partial charge < -0.3 is 4.57 Å². The van der Waals surface area contributed by atoms with E-state index in [9.17, 15) is 0 Å². The molecule has 3 atom stereocenters. The van der Waals surface area contributed by atoms with Gasteiger partial charge in [0.25, 0.3) is 0 Å². The molecule has 1 aromatic heterocycles. The van der Waals surface area contributed by atoms with Crippen LogP contribution in [0.1, 0.15) is 44.9 Å². The lowest BCUT2D eigenvalue weighted by Gasteiger charge is -2.56. The normalized spacial score (nSPS) is 21.9. The van der Waals surface area contributed by atoms with Crippen molar-refractivity contribution < 1.29 is 0 Å². The third kappa shape index (κ3) is 2.33. The second-order valence-corrected chi connectivity index (χ2v) is 13.5. The van der Waals surface area contributed by atoms with Gasteiger partial charge in [0.15, 0.2) is 0 Å². The fourth-order valence-corrected chi connectivity index (χ4v) is 10.5. The number of hydrogen-bond acceptors (Lipinski definition) is 0. The van der Waals surface area contributed by atoms with Crippen LogP contribution in [0.4, 0.5) is 0 Å². The summed E-state index contributed by atoms with van der Waals surface area (Å²) in [4.78, 5) is 0. The molecule has 0 saturated carbocycles. The molecule has 0 fully saturated rings. The highest BCUT2D eigenvalue weighted by Gasteiger charge is 2.86. The molecule has 212 valence electrons. The van der Waals surface area contributed by atoms with Crippen molar-refractivity contribution >= 4 is 21.8 Å². The van der Waals surface area contributed by atoms with Gasteiger partial charge in [0.2, 0.25) is 0 Å². The zero-order valence-corrected chi connectivity index (χ0v) is 25.0. The summed E-state index contributed by atoms with van der Waals surface area (Å²) in [5.74, 6) is 0.353. The van der Waals surface area contributed by atoms with Crippen molar-refractivity contribution in [3.63, 3.8) is 0 Å². The van der Waals surface area contributed by atoms with E-state index in [1.165, 1.54) is 66.4 Å². The first-order chi connectivity index (χ1) is 22.8. The third-order valence-electron chi connectivity index (χ3n) is 11.9. The van der Waals surface area contributed by atoms with E-state index in [1.54, 1.807) is 22.3 Å². The molecule has 8 aromatic rings. The number of fused-ring (bicyclic) bond motifs is 7. The third-order valence-corrected chi connectivity index (χ3v) is 11.9. The monoisotopic (exact) mass is 581 g/mol. The Balaban J connectivity index is 1.18. The lowest BCUT2D eigenvalue weighted by atomic mass is 9.44. The van der Waals surface area contributed by atoms with Gasteiger partial charge in [-0.25, -0.2) is 0 Å². The van der Waals surface area contributed by atoms with E-state index in [2.05, 4.69) is 162 Å². The van der Waals surface area contributed by atoms with Gasteiger partial charge in [0.05, 0.1) is 16.4 Å². The fourth-order valence-electron chi connectivity index (χ4n) is 10.5. The molecule has 2 spiro atoms. The average molecular weight is 582 g/mol. The van der Waals surface area contributed by atoms with Crippen molar-refractivity contribution in [2.24, 2.45) is 0 Å². The molecule has 1 heterocycles. The maximum atomic E-state index is 2.47. The van der Waals surface area contributed by atoms with Crippen LogP contribution >= 0.6 is 0 Å². The standard InChI is InChI=1S/C45H27N/c1-3-12-27(13-4-1)31-24-23-30(28-22-25-39-34(26-28)32-16-8-10-21-38(32)46(39)29-14-5-2-6-15-29)40-41(31)45-37-20-11-19-36(43(37)45)44(45)35-18-9-7-17-33(35)42(40)44/h1-26,42H. The Morgan fingerprint density at radius 3 is 2.02 bits per heavy atom. The van der Waals surface area contributed by atoms with E-state index in [0.29, 0.717) is 5.92 Å². The van der Waals surface area contributed by atoms with Crippen molar-refractivity contribution in [3.05, 3.63) is 197 Å². The van der Waals surface area contributed by atoms with Crippen LogP contribution in [-0.2, 0) is 10.8 Å². The van der Waals surface area contributed by atoms with Gasteiger partial charge in [-0.1, -0.05) is 127 Å². The number of rotatable bonds is 3. The fraction of sp³-hybridized carbons (Fsp3) is 0.0667. The largest absolute Gasteiger partial charge is 0.309 e. The molecular formula is C45H27N. The van der Waals surface area contributed by atoms with Crippen LogP contribution in [-0.4, -0.2) is 4.57 Å². The van der Waals surface area contributed by atoms with Crippen LogP contribution in [0.25, 0.3) is 49.7 Å². The van der Waals surface area contributed by atoms with Crippen LogP contribution in [0.5, 0.6) is 0 Å². The van der Waals surface area contributed by atoms with Crippen LogP contribution < -0.4 is 0 Å². The van der Waals surface area contributed by atoms with E-state index in [4.69, 9.17) is 0 Å². The van der Waals surface area contributed by atoms with Crippen molar-refractivity contribution in [1.82, 2.24) is 4.57 Å². The van der Waals surface area contributed by atoms with Crippen molar-refractivity contribution in [2.45, 2.75) is 16.7 Å². The molecule has 0 saturated heterocycles. The Morgan fingerprint density at radius 1 is 0.457 bits per heavy atom. The SMILES string of the molecule is c1ccc(-c2ccc(-c3ccc4c(c3)c3ccccc3n4-c3ccccc3)c3c2C24c5cccc(c52)C42c4ccccc4C32)cc1. The quantitative estimate of drug-likeness (QED) is 0.196. The van der Waals surface area contributed by atoms with Gasteiger partial charge in [0, 0.05) is 27.8 Å². The minimum atomic E-state index is -0.00515. The highest BCUT2D eigenvalue weighted by Crippen LogP contribution is 2.90. The van der Waals surface area contributed by atoms with E-state index >= 15 is 0 Å². The van der Waals surface area contributed by atoms with Crippen LogP contribution in [0, 0.1) is 0 Å². The number of para-hydroxylation sites is 2. The van der Waals surface area contributed by atoms with Gasteiger partial charge in [-0.05, 0) is 91.5 Å². The average Bonchev–Trinajstić information content (AvgIpc) is 3.57. The van der Waals surface area contributed by atoms with Gasteiger partial charge in [-0.3, -0.25) is 0 Å². The number of nitrogens with zero attached hydrogens (tertiary/aromatic N) is 1. The summed E-state index contributed by atoms with van der Waals surface area (Å²) in [7, 11) is 0. The van der Waals surface area contributed by atoms with Crippen LogP contribution in [0.3, 0.4) is 0 Å². The topological polar surface area (TPSA) is 4.93 Å². The maximum absolute atomic E-state index is 2.47. The van der Waals surface area contributed by atoms with E-state index in [-0.39, 0.29) is 10.8 Å². The zero-order chi connectivity index (χ0) is 29.8. The molecule has 7 aromatic carbocycles. The van der Waals surface area contributed by atoms with Crippen molar-refractivity contribution in [1.29, 1.82) is 0 Å². The van der Waals surface area contributed by atoms with Gasteiger partial charge in [-0.2, -0.15) is 0 Å². The Hall–Kier alpha value is -5.66. The summed E-state index contributed by atoms with van der Waals surface area (Å²) < 4.78 is 2.41. The molecule has 1 nitrogen and oxygen atoms in total. The number of hydrogen-bond donors (Lipinski definition) is 0. The summed E-state index contributed by atoms with van der Waals surface area (Å²) in [6.07, 6.45) is 0. The Kier molecular flexibility index (Phi) is 3.99. The highest BCUT2D eigenvalue weighted by atomic mass is 15.0. The first-order valence-corrected chi connectivity index (χ1v) is 16.4. The lowest BCUT2D eigenvalue weighted by Crippen LogP contribution is -2.55. The molecule has 12 rings (SSSR count). The van der Waals surface area contributed by atoms with Gasteiger partial charge >= 0.3 is 0 Å². The van der Waals surface area contributed by atoms with E-state index in [1.807, 2.05) is 0 Å². The molecule has 4 aliphatic carbocycles. The second kappa shape index (κ2) is 7.76. The highest BCUT2D eigenvalue weighted by molar-refractivity contribution is 6.11. The minimum Gasteiger partial charge on any atom is -0.309 e. The summed E-state index contributed by atoms with van der Waals surface area (Å²) in [6.45, 7) is 0. The summed E-state index contributed by atoms with van der Waals surface area (Å²) in [5, 5.41) is 2.60. The predicted molar refractivity (Wildman–Crippen MR) is 187 cm³/mol. The zero-order valence-electron chi connectivity index (χ0n) is 25.0. The molecule has 46 heavy (non-hydrogen) atoms. The molecule has 0 amide bonds. The van der Waals surface area contributed by atoms with E-state index < -0.39 is 0 Å². The van der Waals surface area contributed by atoms with Gasteiger partial charge in [-0.15, -0.1) is 0 Å². The molecule has 0 N–H and O–H groups in total. The second-order valence-electron chi connectivity index (χ2n) is 13.5. The smallest absolute Gasteiger partial charge is 0.0616 e. The number of aromatic nitrogens is 1. The minimum absolute atomic E-state index is 0.00515. The predicted octanol–water partition coefficient (Wildman–Crippen LogP) is 10.5. The molecule has 0 aliphatic heterocycles. The molecule has 3 unspecified atom stereocenters. The summed E-state index contributed by atoms with van der Waals surface area (Å²) in [5.41, 5.74) is 19.9. The lowest BCUT2D eigenvalue weighted by molar-refractivity contribution is 0.318. The summed E-state index contributed by atoms with van der Waals surface area (Å²) in [6, 6.07) is 59.2. The summed E-state index contributed by atoms with van der Waals surface area (Å²) >= 11 is 0.